The van der Waals surface area contributed by atoms with Gasteiger partial charge in [0.25, 0.3) is 17.5 Å². The molecule has 56 heavy (non-hydrogen) atoms. The minimum absolute atomic E-state index is 0.0434. The van der Waals surface area contributed by atoms with E-state index in [2.05, 4.69) is 0 Å². The number of non-ortho nitro benzene ring substituents is 1. The monoisotopic (exact) mass is 809 g/mol. The van der Waals surface area contributed by atoms with Crippen molar-refractivity contribution >= 4 is 97.1 Å². The van der Waals surface area contributed by atoms with Crippen molar-refractivity contribution in [3.8, 4) is 17.2 Å². The van der Waals surface area contributed by atoms with Gasteiger partial charge in [0.05, 0.1) is 26.1 Å². The normalized spacial score (nSPS) is 15.8. The van der Waals surface area contributed by atoms with Gasteiger partial charge >= 0.3 is 12.1 Å². The Hall–Kier alpha value is -6.02. The summed E-state index contributed by atoms with van der Waals surface area (Å²) in [6.45, 7) is 1.85. The molecule has 3 heterocycles. The van der Waals surface area contributed by atoms with Gasteiger partial charge < -0.3 is 24.0 Å². The van der Waals surface area contributed by atoms with Crippen molar-refractivity contribution < 1.29 is 38.3 Å². The Morgan fingerprint density at radius 3 is 1.61 bits per heavy atom. The lowest BCUT2D eigenvalue weighted by Gasteiger charge is -2.19. The second-order valence-electron chi connectivity index (χ2n) is 13.2. The molecule has 282 valence electrons. The van der Waals surface area contributed by atoms with Crippen LogP contribution in [0.1, 0.15) is 49.2 Å². The molecule has 1 unspecified atom stereocenters. The van der Waals surface area contributed by atoms with Crippen LogP contribution in [0.4, 0.5) is 21.9 Å². The van der Waals surface area contributed by atoms with Crippen LogP contribution in [-0.2, 0) is 4.79 Å². The number of nitro groups is 1. The zero-order valence-electron chi connectivity index (χ0n) is 29.4. The number of thiophene rings is 1. The Morgan fingerprint density at radius 1 is 0.696 bits per heavy atom. The van der Waals surface area contributed by atoms with Crippen molar-refractivity contribution in [2.45, 2.75) is 18.8 Å². The first-order valence-corrected chi connectivity index (χ1v) is 19.2. The van der Waals surface area contributed by atoms with E-state index in [1.165, 1.54) is 31.2 Å². The summed E-state index contributed by atoms with van der Waals surface area (Å²) in [4.78, 5) is 67.8. The molecule has 0 radical (unpaired) electrons. The van der Waals surface area contributed by atoms with Gasteiger partial charge in [-0.25, -0.2) is 4.79 Å². The highest BCUT2D eigenvalue weighted by molar-refractivity contribution is 7.16. The zero-order valence-corrected chi connectivity index (χ0v) is 31.7. The number of nitro benzene ring substituents is 1. The van der Waals surface area contributed by atoms with Gasteiger partial charge in [0, 0.05) is 78.6 Å². The predicted octanol–water partition coefficient (Wildman–Crippen LogP) is 9.43. The number of benzene rings is 5. The van der Waals surface area contributed by atoms with Crippen LogP contribution in [0.3, 0.4) is 0 Å². The van der Waals surface area contributed by atoms with E-state index < -0.39 is 17.0 Å². The Labute approximate surface area is 332 Å². The first-order chi connectivity index (χ1) is 27.1. The molecule has 0 fully saturated rings. The quantitative estimate of drug-likeness (QED) is 0.0367. The van der Waals surface area contributed by atoms with Crippen molar-refractivity contribution in [3.63, 3.8) is 0 Å². The Bertz CT molecular complexity index is 2610. The van der Waals surface area contributed by atoms with Crippen molar-refractivity contribution in [3.05, 3.63) is 128 Å². The average molecular weight is 811 g/mol. The van der Waals surface area contributed by atoms with Gasteiger partial charge in [-0.15, -0.1) is 34.5 Å². The molecule has 2 amide bonds. The molecule has 0 spiro atoms. The van der Waals surface area contributed by atoms with Crippen LogP contribution in [-0.4, -0.2) is 53.7 Å². The third kappa shape index (κ3) is 6.57. The van der Waals surface area contributed by atoms with E-state index in [1.54, 1.807) is 46.2 Å². The molecule has 2 atom stereocenters. The van der Waals surface area contributed by atoms with E-state index in [0.29, 0.717) is 38.8 Å². The van der Waals surface area contributed by atoms with Gasteiger partial charge in [-0.3, -0.25) is 24.5 Å². The maximum absolute atomic E-state index is 14.3. The summed E-state index contributed by atoms with van der Waals surface area (Å²) in [7, 11) is 0. The largest absolute Gasteiger partial charge is 0.519 e. The van der Waals surface area contributed by atoms with Crippen LogP contribution in [0.5, 0.6) is 17.2 Å². The van der Waals surface area contributed by atoms with Crippen LogP contribution >= 0.6 is 34.5 Å². The number of anilines is 2. The summed E-state index contributed by atoms with van der Waals surface area (Å²) in [5, 5.41) is 13.9. The van der Waals surface area contributed by atoms with Crippen LogP contribution in [0.25, 0.3) is 21.5 Å². The fraction of sp³-hybridized carbons (Fsp3) is 0.171. The lowest BCUT2D eigenvalue weighted by atomic mass is 9.95. The lowest BCUT2D eigenvalue weighted by molar-refractivity contribution is -0.384. The predicted molar refractivity (Wildman–Crippen MR) is 214 cm³/mol. The molecular formula is C41H29Cl2N3O9S. The number of carbonyl (C=O) groups is 4. The van der Waals surface area contributed by atoms with E-state index in [9.17, 15) is 29.3 Å². The third-order valence-electron chi connectivity index (χ3n) is 9.84. The van der Waals surface area contributed by atoms with E-state index >= 15 is 0 Å². The topological polar surface area (TPSA) is 146 Å². The second kappa shape index (κ2) is 14.9. The van der Waals surface area contributed by atoms with Gasteiger partial charge in [0.15, 0.2) is 0 Å². The molecule has 0 aliphatic carbocycles. The van der Waals surface area contributed by atoms with Crippen molar-refractivity contribution in [1.29, 1.82) is 0 Å². The zero-order chi connectivity index (χ0) is 39.2. The van der Waals surface area contributed by atoms with Crippen LogP contribution in [0, 0.1) is 10.1 Å². The number of esters is 1. The highest BCUT2D eigenvalue weighted by Crippen LogP contribution is 2.48. The maximum Gasteiger partial charge on any atom is 0.519 e. The summed E-state index contributed by atoms with van der Waals surface area (Å²) < 4.78 is 16.6. The molecule has 2 aliphatic rings. The molecule has 0 saturated heterocycles. The van der Waals surface area contributed by atoms with E-state index in [0.717, 1.165) is 38.6 Å². The average Bonchev–Trinajstić information content (AvgIpc) is 3.94. The number of hydrogen-bond donors (Lipinski definition) is 0. The Morgan fingerprint density at radius 2 is 1.16 bits per heavy atom. The van der Waals surface area contributed by atoms with E-state index in [-0.39, 0.29) is 59.1 Å². The van der Waals surface area contributed by atoms with Crippen LogP contribution < -0.4 is 24.0 Å². The minimum atomic E-state index is -1.08. The van der Waals surface area contributed by atoms with E-state index in [1.807, 2.05) is 36.4 Å². The molecule has 5 aromatic carbocycles. The molecule has 6 aromatic rings. The molecule has 0 bridgehead atoms. The van der Waals surface area contributed by atoms with Crippen molar-refractivity contribution in [2.24, 2.45) is 0 Å². The number of nitrogens with zero attached hydrogens (tertiary/aromatic N) is 3. The minimum Gasteiger partial charge on any atom is -0.426 e. The van der Waals surface area contributed by atoms with Gasteiger partial charge in [0.2, 0.25) is 0 Å². The van der Waals surface area contributed by atoms with Crippen molar-refractivity contribution in [1.82, 2.24) is 0 Å². The van der Waals surface area contributed by atoms with Crippen molar-refractivity contribution in [2.75, 3.05) is 34.6 Å². The maximum atomic E-state index is 14.3. The molecule has 0 saturated carbocycles. The van der Waals surface area contributed by atoms with Gasteiger partial charge in [-0.2, -0.15) is 0 Å². The molecular weight excluding hydrogens is 781 g/mol. The Kier molecular flexibility index (Phi) is 9.83. The van der Waals surface area contributed by atoms with Crippen LogP contribution in [0.2, 0.25) is 0 Å². The number of fused-ring (bicyclic) bond motifs is 6. The Balaban J connectivity index is 1.10. The molecule has 0 N–H and O–H groups in total. The standard InChI is InChI=1S/C41H29Cl2N3O9S/c1-22(47)53-33-16-31-37(29-8-4-2-6-27(29)33)23(18-42)20-44(31)39(48)35-14-15-36(56-35)40(49)45-21-24(19-43)38-30-9-5-3-7-28(30)34(17-32(38)45)55-41(50)54-26-12-10-25(11-13-26)46(51)52/h2-17,23-24H,18-21H2,1H3/t23?,24-/m1/s1. The molecule has 2 aliphatic heterocycles. The SMILES string of the molecule is CC(=O)Oc1cc2c(c3ccccc13)C(CCl)CN2C(=O)c1ccc(C(=O)N2C[C@@H](CCl)c3c2cc(OC(=O)Oc2ccc([N+](=O)[O-])cc2)c2ccccc32)s1. The lowest BCUT2D eigenvalue weighted by Crippen LogP contribution is -2.30. The number of alkyl halides is 2. The number of halogens is 2. The highest BCUT2D eigenvalue weighted by Gasteiger charge is 2.38. The fourth-order valence-corrected chi connectivity index (χ4v) is 8.87. The molecule has 15 heteroatoms. The molecule has 12 nitrogen and oxygen atoms in total. The first-order valence-electron chi connectivity index (χ1n) is 17.4. The van der Waals surface area contributed by atoms with E-state index in [4.69, 9.17) is 37.4 Å². The number of amides is 2. The smallest absolute Gasteiger partial charge is 0.426 e. The molecule has 8 rings (SSSR count). The van der Waals surface area contributed by atoms with Gasteiger partial charge in [-0.1, -0.05) is 48.5 Å². The summed E-state index contributed by atoms with van der Waals surface area (Å²) >= 11 is 14.0. The summed E-state index contributed by atoms with van der Waals surface area (Å²) in [5.74, 6) is -0.664. The van der Waals surface area contributed by atoms with Crippen LogP contribution in [0.15, 0.2) is 97.1 Å². The first kappa shape index (κ1) is 36.9. The summed E-state index contributed by atoms with van der Waals surface area (Å²) in [6, 6.07) is 26.2. The summed E-state index contributed by atoms with van der Waals surface area (Å²) in [6.07, 6.45) is -1.08. The second-order valence-corrected chi connectivity index (χ2v) is 14.9. The molecule has 1 aromatic heterocycles. The summed E-state index contributed by atoms with van der Waals surface area (Å²) in [5.41, 5.74) is 2.60. The number of carbonyl (C=O) groups excluding carboxylic acids is 4. The number of ether oxygens (including phenoxy) is 3. The fourth-order valence-electron chi connectivity index (χ4n) is 7.46. The number of hydrogen-bond acceptors (Lipinski definition) is 10. The number of rotatable bonds is 8. The third-order valence-corrected chi connectivity index (χ3v) is 11.6. The van der Waals surface area contributed by atoms with Gasteiger partial charge in [-0.05, 0) is 46.2 Å². The highest BCUT2D eigenvalue weighted by atomic mass is 35.5. The van der Waals surface area contributed by atoms with Gasteiger partial charge in [0.1, 0.15) is 17.2 Å².